The first-order valence-corrected chi connectivity index (χ1v) is 7.83. The van der Waals surface area contributed by atoms with Gasteiger partial charge in [-0.3, -0.25) is 4.79 Å². The molecule has 0 saturated carbocycles. The molecule has 0 aliphatic rings. The van der Waals surface area contributed by atoms with E-state index in [-0.39, 0.29) is 18.6 Å². The smallest absolute Gasteiger partial charge is 0.244 e. The van der Waals surface area contributed by atoms with E-state index < -0.39 is 0 Å². The number of amides is 1. The number of pyridine rings is 1. The van der Waals surface area contributed by atoms with Crippen LogP contribution in [0.4, 0.5) is 0 Å². The third-order valence-electron chi connectivity index (χ3n) is 3.35. The number of halogens is 1. The van der Waals surface area contributed by atoms with E-state index in [2.05, 4.69) is 10.3 Å². The van der Waals surface area contributed by atoms with Crippen molar-refractivity contribution in [1.82, 2.24) is 10.3 Å². The third kappa shape index (κ3) is 5.85. The average molecular weight is 331 g/mol. The highest BCUT2D eigenvalue weighted by molar-refractivity contribution is 6.29. The number of nitrogens with zero attached hydrogens (tertiary/aromatic N) is 1. The van der Waals surface area contributed by atoms with Crippen molar-refractivity contribution in [2.24, 2.45) is 0 Å². The van der Waals surface area contributed by atoms with Gasteiger partial charge >= 0.3 is 0 Å². The Labute approximate surface area is 140 Å². The summed E-state index contributed by atoms with van der Waals surface area (Å²) in [5.41, 5.74) is 1.83. The van der Waals surface area contributed by atoms with Crippen LogP contribution in [0.1, 0.15) is 30.0 Å². The molecule has 2 aromatic rings. The summed E-state index contributed by atoms with van der Waals surface area (Å²) < 4.78 is 0. The fourth-order valence-electron chi connectivity index (χ4n) is 2.22. The summed E-state index contributed by atoms with van der Waals surface area (Å²) in [6, 6.07) is 13.1. The van der Waals surface area contributed by atoms with E-state index in [0.29, 0.717) is 18.0 Å². The van der Waals surface area contributed by atoms with Crippen LogP contribution in [0.5, 0.6) is 0 Å². The minimum atomic E-state index is -0.190. The fraction of sp³-hybridized carbons (Fsp3) is 0.222. The summed E-state index contributed by atoms with van der Waals surface area (Å²) in [6.07, 6.45) is 6.07. The molecule has 5 heteroatoms. The third-order valence-corrected chi connectivity index (χ3v) is 3.55. The number of carbonyl (C=O) groups is 1. The lowest BCUT2D eigenvalue weighted by atomic mass is 10.0. The number of hydrogen-bond donors (Lipinski definition) is 2. The van der Waals surface area contributed by atoms with Gasteiger partial charge in [-0.05, 0) is 42.2 Å². The molecule has 2 rings (SSSR count). The molecule has 0 aliphatic carbocycles. The van der Waals surface area contributed by atoms with Crippen molar-refractivity contribution in [1.29, 1.82) is 0 Å². The molecule has 0 bridgehead atoms. The zero-order valence-electron chi connectivity index (χ0n) is 12.7. The van der Waals surface area contributed by atoms with Crippen LogP contribution in [-0.4, -0.2) is 22.6 Å². The van der Waals surface area contributed by atoms with Crippen molar-refractivity contribution in [3.63, 3.8) is 0 Å². The lowest BCUT2D eigenvalue weighted by molar-refractivity contribution is -0.117. The Morgan fingerprint density at radius 3 is 2.78 bits per heavy atom. The van der Waals surface area contributed by atoms with Crippen molar-refractivity contribution < 1.29 is 9.90 Å². The zero-order valence-corrected chi connectivity index (χ0v) is 13.4. The molecular formula is C18H19ClN2O2. The molecule has 2 N–H and O–H groups in total. The van der Waals surface area contributed by atoms with Crippen molar-refractivity contribution in [2.75, 3.05) is 6.61 Å². The molecule has 1 heterocycles. The number of aromatic nitrogens is 1. The van der Waals surface area contributed by atoms with Crippen LogP contribution in [0, 0.1) is 0 Å². The molecule has 1 unspecified atom stereocenters. The number of rotatable bonds is 7. The summed E-state index contributed by atoms with van der Waals surface area (Å²) in [4.78, 5) is 16.0. The molecule has 1 aromatic carbocycles. The maximum atomic E-state index is 12.1. The van der Waals surface area contributed by atoms with E-state index in [1.165, 1.54) is 6.08 Å². The van der Waals surface area contributed by atoms with Gasteiger partial charge in [0.25, 0.3) is 0 Å². The number of aliphatic hydroxyl groups is 1. The number of nitrogens with one attached hydrogen (secondary N) is 1. The van der Waals surface area contributed by atoms with Crippen LogP contribution in [0.25, 0.3) is 6.08 Å². The van der Waals surface area contributed by atoms with Gasteiger partial charge in [0, 0.05) is 18.9 Å². The summed E-state index contributed by atoms with van der Waals surface area (Å²) in [6.45, 7) is 0.102. The number of carbonyl (C=O) groups excluding carboxylic acids is 1. The maximum Gasteiger partial charge on any atom is 0.244 e. The highest BCUT2D eigenvalue weighted by Gasteiger charge is 2.12. The SMILES string of the molecule is O=C(/C=C/c1ccnc(Cl)c1)NC(CCCO)c1ccccc1. The van der Waals surface area contributed by atoms with Crippen LogP contribution in [-0.2, 0) is 4.79 Å². The molecule has 4 nitrogen and oxygen atoms in total. The molecule has 1 aromatic heterocycles. The van der Waals surface area contributed by atoms with Crippen molar-refractivity contribution in [2.45, 2.75) is 18.9 Å². The van der Waals surface area contributed by atoms with Crippen LogP contribution in [0.2, 0.25) is 5.15 Å². The predicted molar refractivity (Wildman–Crippen MR) is 91.9 cm³/mol. The maximum absolute atomic E-state index is 12.1. The molecule has 0 aliphatic heterocycles. The first kappa shape index (κ1) is 17.2. The first-order valence-electron chi connectivity index (χ1n) is 7.45. The number of benzene rings is 1. The molecule has 0 saturated heterocycles. The Bertz CT molecular complexity index is 659. The second kappa shape index (κ2) is 9.08. The molecule has 23 heavy (non-hydrogen) atoms. The molecule has 1 amide bonds. The number of hydrogen-bond acceptors (Lipinski definition) is 3. The summed E-state index contributed by atoms with van der Waals surface area (Å²) >= 11 is 5.81. The topological polar surface area (TPSA) is 62.2 Å². The minimum Gasteiger partial charge on any atom is -0.396 e. The van der Waals surface area contributed by atoms with Gasteiger partial charge in [0.2, 0.25) is 5.91 Å². The Morgan fingerprint density at radius 1 is 1.30 bits per heavy atom. The molecule has 1 atom stereocenters. The van der Waals surface area contributed by atoms with E-state index in [1.807, 2.05) is 30.3 Å². The minimum absolute atomic E-state index is 0.102. The fourth-order valence-corrected chi connectivity index (χ4v) is 2.40. The van der Waals surface area contributed by atoms with E-state index >= 15 is 0 Å². The largest absolute Gasteiger partial charge is 0.396 e. The van der Waals surface area contributed by atoms with Gasteiger partial charge in [0.05, 0.1) is 6.04 Å². The summed E-state index contributed by atoms with van der Waals surface area (Å²) in [7, 11) is 0. The van der Waals surface area contributed by atoms with Crippen molar-refractivity contribution >= 4 is 23.6 Å². The quantitative estimate of drug-likeness (QED) is 0.604. The molecule has 120 valence electrons. The van der Waals surface area contributed by atoms with E-state index in [4.69, 9.17) is 16.7 Å². The van der Waals surface area contributed by atoms with Crippen molar-refractivity contribution in [3.05, 3.63) is 71.0 Å². The zero-order chi connectivity index (χ0) is 16.5. The number of aliphatic hydroxyl groups excluding tert-OH is 1. The van der Waals surface area contributed by atoms with Crippen LogP contribution < -0.4 is 5.32 Å². The van der Waals surface area contributed by atoms with Gasteiger partial charge in [-0.1, -0.05) is 41.9 Å². The average Bonchev–Trinajstić information content (AvgIpc) is 2.57. The molecule has 0 fully saturated rings. The summed E-state index contributed by atoms with van der Waals surface area (Å²) in [5, 5.41) is 12.4. The van der Waals surface area contributed by atoms with Crippen molar-refractivity contribution in [3.8, 4) is 0 Å². The Balaban J connectivity index is 2.02. The van der Waals surface area contributed by atoms with Gasteiger partial charge in [-0.25, -0.2) is 4.98 Å². The second-order valence-electron chi connectivity index (χ2n) is 5.08. The highest BCUT2D eigenvalue weighted by atomic mass is 35.5. The second-order valence-corrected chi connectivity index (χ2v) is 5.47. The molecular weight excluding hydrogens is 312 g/mol. The van der Waals surface area contributed by atoms with E-state index in [0.717, 1.165) is 11.1 Å². The van der Waals surface area contributed by atoms with E-state index in [1.54, 1.807) is 24.4 Å². The van der Waals surface area contributed by atoms with Gasteiger partial charge in [0.1, 0.15) is 5.15 Å². The van der Waals surface area contributed by atoms with Gasteiger partial charge in [-0.15, -0.1) is 0 Å². The molecule has 0 spiro atoms. The van der Waals surface area contributed by atoms with Crippen LogP contribution >= 0.6 is 11.6 Å². The Morgan fingerprint density at radius 2 is 2.09 bits per heavy atom. The van der Waals surface area contributed by atoms with E-state index in [9.17, 15) is 4.79 Å². The Kier molecular flexibility index (Phi) is 6.78. The highest BCUT2D eigenvalue weighted by Crippen LogP contribution is 2.18. The summed E-state index contributed by atoms with van der Waals surface area (Å²) in [5.74, 6) is -0.190. The lowest BCUT2D eigenvalue weighted by Gasteiger charge is -2.18. The van der Waals surface area contributed by atoms with Gasteiger partial charge < -0.3 is 10.4 Å². The van der Waals surface area contributed by atoms with Crippen LogP contribution in [0.15, 0.2) is 54.7 Å². The monoisotopic (exact) mass is 330 g/mol. The molecule has 0 radical (unpaired) electrons. The normalized spacial score (nSPS) is 12.3. The van der Waals surface area contributed by atoms with Gasteiger partial charge in [-0.2, -0.15) is 0 Å². The lowest BCUT2D eigenvalue weighted by Crippen LogP contribution is -2.27. The van der Waals surface area contributed by atoms with Crippen LogP contribution in [0.3, 0.4) is 0 Å². The Hall–Kier alpha value is -2.17. The first-order chi connectivity index (χ1) is 11.2. The standard InChI is InChI=1S/C18H19ClN2O2/c19-17-13-14(10-11-20-17)8-9-18(23)21-16(7-4-12-22)15-5-2-1-3-6-15/h1-3,5-6,8-11,13,16,22H,4,7,12H2,(H,21,23)/b9-8+. The predicted octanol–water partition coefficient (Wildman–Crippen LogP) is 3.38. The van der Waals surface area contributed by atoms with Gasteiger partial charge in [0.15, 0.2) is 0 Å².